The second kappa shape index (κ2) is 6.67. The second-order valence-corrected chi connectivity index (χ2v) is 6.84. The van der Waals surface area contributed by atoms with Crippen molar-refractivity contribution in [3.05, 3.63) is 64.7 Å². The summed E-state index contributed by atoms with van der Waals surface area (Å²) in [5, 5.41) is 10.6. The molecule has 1 unspecified atom stereocenters. The van der Waals surface area contributed by atoms with E-state index >= 15 is 0 Å². The Bertz CT molecular complexity index is 662. The van der Waals surface area contributed by atoms with E-state index in [4.69, 9.17) is 25.4 Å². The van der Waals surface area contributed by atoms with Crippen molar-refractivity contribution in [2.75, 3.05) is 7.11 Å². The molecule has 21 heavy (non-hydrogen) atoms. The Labute approximate surface area is 126 Å². The molecule has 0 saturated carbocycles. The van der Waals surface area contributed by atoms with Gasteiger partial charge in [-0.1, -0.05) is 18.2 Å². The molecule has 0 amide bonds. The molecule has 0 heterocycles. The van der Waals surface area contributed by atoms with Crippen molar-refractivity contribution in [1.82, 2.24) is 0 Å². The highest BCUT2D eigenvalue weighted by molar-refractivity contribution is 8.07. The van der Waals surface area contributed by atoms with Gasteiger partial charge in [-0.15, -0.1) is 0 Å². The van der Waals surface area contributed by atoms with E-state index in [9.17, 15) is 10.1 Å². The predicted molar refractivity (Wildman–Crippen MR) is 82.1 cm³/mol. The van der Waals surface area contributed by atoms with Gasteiger partial charge in [-0.05, 0) is 24.3 Å². The van der Waals surface area contributed by atoms with Crippen LogP contribution in [0.25, 0.3) is 0 Å². The monoisotopic (exact) mass is 325 g/mol. The Kier molecular flexibility index (Phi) is 4.90. The number of nitro benzene ring substituents is 1. The van der Waals surface area contributed by atoms with Gasteiger partial charge < -0.3 is 9.05 Å². The van der Waals surface area contributed by atoms with Gasteiger partial charge >= 0.3 is 6.72 Å². The lowest BCUT2D eigenvalue weighted by Gasteiger charge is -2.20. The number of hydrogen-bond donors (Lipinski definition) is 0. The van der Waals surface area contributed by atoms with Crippen LogP contribution in [0.15, 0.2) is 54.6 Å². The van der Waals surface area contributed by atoms with Gasteiger partial charge in [0.2, 0.25) is 0 Å². The van der Waals surface area contributed by atoms with Crippen molar-refractivity contribution in [2.24, 2.45) is 0 Å². The van der Waals surface area contributed by atoms with Gasteiger partial charge in [0.15, 0.2) is 0 Å². The van der Waals surface area contributed by atoms with E-state index in [0.717, 1.165) is 0 Å². The van der Waals surface area contributed by atoms with Crippen LogP contribution < -0.4 is 9.05 Å². The van der Waals surface area contributed by atoms with Crippen molar-refractivity contribution in [1.29, 1.82) is 0 Å². The summed E-state index contributed by atoms with van der Waals surface area (Å²) in [5.41, 5.74) is -0.0305. The zero-order valence-electron chi connectivity index (χ0n) is 11.0. The third kappa shape index (κ3) is 4.26. The maximum absolute atomic E-state index is 10.6. The Morgan fingerprint density at radius 3 is 2.00 bits per heavy atom. The first-order valence-corrected chi connectivity index (χ1v) is 8.42. The minimum absolute atomic E-state index is 0.0305. The fourth-order valence-electron chi connectivity index (χ4n) is 1.46. The van der Waals surface area contributed by atoms with E-state index < -0.39 is 11.6 Å². The van der Waals surface area contributed by atoms with E-state index in [2.05, 4.69) is 0 Å². The SMILES string of the molecule is COP(=S)(Oc1ccccc1)Oc1ccc([N+](=O)[O-])cc1. The highest BCUT2D eigenvalue weighted by Gasteiger charge is 2.23. The number of nitrogens with zero attached hydrogens (tertiary/aromatic N) is 1. The average Bonchev–Trinajstić information content (AvgIpc) is 2.48. The number of nitro groups is 1. The highest BCUT2D eigenvalue weighted by atomic mass is 32.5. The third-order valence-electron chi connectivity index (χ3n) is 2.45. The van der Waals surface area contributed by atoms with Gasteiger partial charge in [-0.25, -0.2) is 0 Å². The summed E-state index contributed by atoms with van der Waals surface area (Å²) in [5.74, 6) is 0.881. The van der Waals surface area contributed by atoms with E-state index in [0.29, 0.717) is 11.5 Å². The Morgan fingerprint density at radius 2 is 1.52 bits per heavy atom. The molecule has 0 aromatic heterocycles. The maximum atomic E-state index is 10.6. The summed E-state index contributed by atoms with van der Waals surface area (Å²) in [6.45, 7) is -3.02. The topological polar surface area (TPSA) is 70.8 Å². The van der Waals surface area contributed by atoms with Gasteiger partial charge in [-0.3, -0.25) is 14.6 Å². The quantitative estimate of drug-likeness (QED) is 0.455. The summed E-state index contributed by atoms with van der Waals surface area (Å²) >= 11 is 5.26. The summed E-state index contributed by atoms with van der Waals surface area (Å²) in [6.07, 6.45) is 0. The summed E-state index contributed by atoms with van der Waals surface area (Å²) < 4.78 is 16.3. The molecule has 6 nitrogen and oxygen atoms in total. The Morgan fingerprint density at radius 1 is 1.00 bits per heavy atom. The Hall–Kier alpha value is -1.95. The molecule has 1 atom stereocenters. The van der Waals surface area contributed by atoms with Crippen LogP contribution in [0, 0.1) is 10.1 Å². The standard InChI is InChI=1S/C13H12NO5PS/c1-17-20(21,18-12-5-3-2-4-6-12)19-13-9-7-11(8-10-13)14(15)16/h2-10H,1H3. The van der Waals surface area contributed by atoms with Crippen LogP contribution in [0.3, 0.4) is 0 Å². The van der Waals surface area contributed by atoms with Crippen LogP contribution in [-0.2, 0) is 16.3 Å². The number of non-ortho nitro benzene ring substituents is 1. The third-order valence-corrected chi connectivity index (χ3v) is 4.66. The highest BCUT2D eigenvalue weighted by Crippen LogP contribution is 2.49. The first-order valence-electron chi connectivity index (χ1n) is 5.87. The molecule has 0 N–H and O–H groups in total. The number of para-hydroxylation sites is 1. The van der Waals surface area contributed by atoms with E-state index in [1.807, 2.05) is 6.07 Å². The first-order chi connectivity index (χ1) is 10.0. The van der Waals surface area contributed by atoms with Crippen LogP contribution in [0.2, 0.25) is 0 Å². The molecule has 8 heteroatoms. The number of hydrogen-bond acceptors (Lipinski definition) is 6. The zero-order chi connectivity index (χ0) is 15.3. The van der Waals surface area contributed by atoms with Gasteiger partial charge in [-0.2, -0.15) is 0 Å². The zero-order valence-corrected chi connectivity index (χ0v) is 12.8. The molecule has 110 valence electrons. The molecule has 0 aliphatic heterocycles. The smallest absolute Gasteiger partial charge is 0.416 e. The molecule has 2 rings (SSSR count). The maximum Gasteiger partial charge on any atom is 0.434 e. The van der Waals surface area contributed by atoms with Crippen molar-refractivity contribution in [3.8, 4) is 11.5 Å². The molecule has 0 aliphatic rings. The lowest BCUT2D eigenvalue weighted by atomic mass is 10.3. The minimum atomic E-state index is -3.02. The van der Waals surface area contributed by atoms with Crippen LogP contribution in [-0.4, -0.2) is 12.0 Å². The van der Waals surface area contributed by atoms with Crippen LogP contribution in [0.4, 0.5) is 5.69 Å². The molecule has 0 radical (unpaired) electrons. The lowest BCUT2D eigenvalue weighted by molar-refractivity contribution is -0.384. The minimum Gasteiger partial charge on any atom is -0.416 e. The molecular formula is C13H12NO5PS. The average molecular weight is 325 g/mol. The van der Waals surface area contributed by atoms with Crippen molar-refractivity contribution in [2.45, 2.75) is 0 Å². The second-order valence-electron chi connectivity index (χ2n) is 3.88. The summed E-state index contributed by atoms with van der Waals surface area (Å²) in [4.78, 5) is 10.1. The van der Waals surface area contributed by atoms with E-state index in [1.54, 1.807) is 24.3 Å². The molecule has 0 bridgehead atoms. The molecule has 0 aliphatic carbocycles. The van der Waals surface area contributed by atoms with Crippen molar-refractivity contribution < 1.29 is 18.5 Å². The molecule has 0 spiro atoms. The summed E-state index contributed by atoms with van der Waals surface area (Å²) in [6, 6.07) is 14.5. The van der Waals surface area contributed by atoms with Crippen molar-refractivity contribution >= 4 is 24.2 Å². The molecule has 0 saturated heterocycles. The van der Waals surface area contributed by atoms with E-state index in [-0.39, 0.29) is 5.69 Å². The first kappa shape index (κ1) is 15.4. The van der Waals surface area contributed by atoms with Crippen LogP contribution >= 0.6 is 6.72 Å². The molecule has 2 aromatic carbocycles. The Balaban J connectivity index is 2.14. The normalized spacial score (nSPS) is 13.2. The van der Waals surface area contributed by atoms with Gasteiger partial charge in [0.1, 0.15) is 11.5 Å². The molecule has 0 fully saturated rings. The molecule has 2 aromatic rings. The van der Waals surface area contributed by atoms with Gasteiger partial charge in [0, 0.05) is 31.0 Å². The lowest BCUT2D eigenvalue weighted by Crippen LogP contribution is -2.02. The number of benzene rings is 2. The largest absolute Gasteiger partial charge is 0.434 e. The fraction of sp³-hybridized carbons (Fsp3) is 0.0769. The van der Waals surface area contributed by atoms with Crippen molar-refractivity contribution in [3.63, 3.8) is 0 Å². The molecular weight excluding hydrogens is 313 g/mol. The predicted octanol–water partition coefficient (Wildman–Crippen LogP) is 3.92. The van der Waals surface area contributed by atoms with Gasteiger partial charge in [0.05, 0.1) is 4.92 Å². The summed E-state index contributed by atoms with van der Waals surface area (Å²) in [7, 11) is 1.40. The fourth-order valence-corrected chi connectivity index (χ4v) is 2.92. The van der Waals surface area contributed by atoms with E-state index in [1.165, 1.54) is 31.4 Å². The van der Waals surface area contributed by atoms with Crippen LogP contribution in [0.1, 0.15) is 0 Å². The van der Waals surface area contributed by atoms with Crippen LogP contribution in [0.5, 0.6) is 11.5 Å². The van der Waals surface area contributed by atoms with Gasteiger partial charge in [0.25, 0.3) is 5.69 Å². The number of rotatable bonds is 6.